The number of halogens is 2. The molecular weight excluding hydrogens is 727 g/mol. The average molecular weight is 775 g/mol. The van der Waals surface area contributed by atoms with Crippen LogP contribution in [-0.4, -0.2) is 3.21 Å². The molecule has 0 aromatic heterocycles. The van der Waals surface area contributed by atoms with Gasteiger partial charge in [0.2, 0.25) is 0 Å². The molecule has 0 amide bonds. The van der Waals surface area contributed by atoms with Crippen LogP contribution in [0.2, 0.25) is 0 Å². The van der Waals surface area contributed by atoms with Crippen molar-refractivity contribution in [2.24, 2.45) is 0 Å². The molecule has 0 heterocycles. The minimum atomic E-state index is 0. The van der Waals surface area contributed by atoms with Crippen molar-refractivity contribution in [3.05, 3.63) is 171 Å². The third-order valence-electron chi connectivity index (χ3n) is 10.1. The molecule has 3 heteroatoms. The average Bonchev–Trinajstić information content (AvgIpc) is 3.84. The van der Waals surface area contributed by atoms with Gasteiger partial charge in [0.1, 0.15) is 0 Å². The molecule has 3 aliphatic rings. The summed E-state index contributed by atoms with van der Waals surface area (Å²) >= 11 is 1.46. The second-order valence-electron chi connectivity index (χ2n) is 15.6. The molecule has 5 aromatic rings. The second kappa shape index (κ2) is 15.7. The number of fused-ring (bicyclic) bond motifs is 5. The van der Waals surface area contributed by atoms with Gasteiger partial charge in [-0.3, -0.25) is 6.08 Å². The monoisotopic (exact) mass is 772 g/mol. The van der Waals surface area contributed by atoms with E-state index in [0.717, 1.165) is 12.8 Å². The van der Waals surface area contributed by atoms with E-state index in [2.05, 4.69) is 183 Å². The number of aryl methyl sites for hydroxylation is 1. The Bertz CT molecular complexity index is 1900. The van der Waals surface area contributed by atoms with Crippen molar-refractivity contribution in [2.75, 3.05) is 0 Å². The van der Waals surface area contributed by atoms with E-state index in [1.165, 1.54) is 94.2 Å². The molecular formula is C47H48Cl2Zr-2. The Labute approximate surface area is 328 Å². The van der Waals surface area contributed by atoms with Gasteiger partial charge in [0.05, 0.1) is 0 Å². The molecule has 8 rings (SSSR count). The standard InChI is InChI=1S/C23H21.C13H10.C11H17.2ClH.Zr/c1-22(2)7-5-14-10-18-16(12-20(14)22)9-17-13-21-15(11-19(17)18)6-8-23(21,3)4;1-3-7-12(8-4-1)11-13-9-5-2-6-10-13;1-5-9-6-7-10(8-9)11(2,3)4;;;/h5-7,10-13H,9H2,1-4H3;1-10H;6-8H,5H2,1-4H3;2*1H;/q-1;;-1;;;+2/p-2. The molecule has 0 radical (unpaired) electrons. The molecule has 0 spiro atoms. The SMILES string of the molecule is CC1(C)[C-]=Cc2cc3c(cc21)Cc1cc2c(cc1-3)C=CC2(C)C.CCc1cc(C(C)(C)C)c[cH-]1.[Cl-].[Cl-].[Zr+2]=[C](c1ccccc1)c1ccccc1. The van der Waals surface area contributed by atoms with E-state index in [1.807, 2.05) is 0 Å². The van der Waals surface area contributed by atoms with Gasteiger partial charge in [-0.05, 0) is 45.9 Å². The Kier molecular flexibility index (Phi) is 12.5. The van der Waals surface area contributed by atoms with Crippen LogP contribution < -0.4 is 24.8 Å². The molecule has 0 atom stereocenters. The maximum atomic E-state index is 3.50. The zero-order valence-corrected chi connectivity index (χ0v) is 34.7. The Hall–Kier alpha value is -2.96. The first-order valence-electron chi connectivity index (χ1n) is 17.4. The topological polar surface area (TPSA) is 0 Å². The van der Waals surface area contributed by atoms with Gasteiger partial charge in [0, 0.05) is 5.41 Å². The molecule has 50 heavy (non-hydrogen) atoms. The molecule has 256 valence electrons. The molecule has 3 aliphatic carbocycles. The Morgan fingerprint density at radius 2 is 1.30 bits per heavy atom. The van der Waals surface area contributed by atoms with Gasteiger partial charge in [-0.15, -0.1) is 11.6 Å². The summed E-state index contributed by atoms with van der Waals surface area (Å²) in [4.78, 5) is 0. The van der Waals surface area contributed by atoms with Crippen LogP contribution in [0, 0.1) is 6.08 Å². The normalized spacial score (nSPS) is 14.8. The fraction of sp³-hybridized carbons (Fsp3) is 0.277. The zero-order chi connectivity index (χ0) is 34.3. The quantitative estimate of drug-likeness (QED) is 0.201. The van der Waals surface area contributed by atoms with Crippen LogP contribution in [-0.2, 0) is 53.3 Å². The molecule has 0 bridgehead atoms. The molecule has 0 fully saturated rings. The van der Waals surface area contributed by atoms with Crippen LogP contribution in [0.4, 0.5) is 0 Å². The van der Waals surface area contributed by atoms with Gasteiger partial charge in [-0.25, -0.2) is 12.1 Å². The predicted octanol–water partition coefficient (Wildman–Crippen LogP) is 5.75. The molecule has 0 saturated heterocycles. The first-order valence-corrected chi connectivity index (χ1v) is 18.6. The van der Waals surface area contributed by atoms with E-state index in [9.17, 15) is 0 Å². The van der Waals surface area contributed by atoms with E-state index < -0.39 is 0 Å². The third-order valence-corrected chi connectivity index (χ3v) is 11.5. The fourth-order valence-corrected chi connectivity index (χ4v) is 7.78. The van der Waals surface area contributed by atoms with Gasteiger partial charge >= 0.3 is 99.2 Å². The summed E-state index contributed by atoms with van der Waals surface area (Å²) in [5, 5.41) is 0. The first kappa shape index (κ1) is 39.8. The van der Waals surface area contributed by atoms with Crippen molar-refractivity contribution in [1.29, 1.82) is 0 Å². The van der Waals surface area contributed by atoms with Crippen molar-refractivity contribution >= 4 is 15.4 Å². The number of hydrogen-bond acceptors (Lipinski definition) is 0. The summed E-state index contributed by atoms with van der Waals surface area (Å²) in [7, 11) is 0. The van der Waals surface area contributed by atoms with Gasteiger partial charge < -0.3 is 24.8 Å². The second-order valence-corrected chi connectivity index (χ2v) is 16.8. The van der Waals surface area contributed by atoms with Crippen molar-refractivity contribution in [3.8, 4) is 11.1 Å². The Morgan fingerprint density at radius 1 is 0.760 bits per heavy atom. The van der Waals surface area contributed by atoms with Crippen LogP contribution in [0.15, 0.2) is 109 Å². The first-order chi connectivity index (χ1) is 22.8. The molecule has 5 aromatic carbocycles. The van der Waals surface area contributed by atoms with E-state index in [4.69, 9.17) is 0 Å². The van der Waals surface area contributed by atoms with Crippen molar-refractivity contribution in [3.63, 3.8) is 0 Å². The molecule has 0 unspecified atom stereocenters. The van der Waals surface area contributed by atoms with E-state index >= 15 is 0 Å². The Balaban J connectivity index is 0.000000180. The van der Waals surface area contributed by atoms with E-state index in [0.29, 0.717) is 5.41 Å². The van der Waals surface area contributed by atoms with Crippen LogP contribution in [0.3, 0.4) is 0 Å². The van der Waals surface area contributed by atoms with Gasteiger partial charge in [-0.2, -0.15) is 28.8 Å². The molecule has 0 N–H and O–H groups in total. The van der Waals surface area contributed by atoms with Crippen LogP contribution in [0.25, 0.3) is 23.3 Å². The van der Waals surface area contributed by atoms with E-state index in [1.54, 1.807) is 0 Å². The van der Waals surface area contributed by atoms with Crippen LogP contribution >= 0.6 is 0 Å². The van der Waals surface area contributed by atoms with E-state index in [-0.39, 0.29) is 35.6 Å². The molecule has 0 aliphatic heterocycles. The number of hydrogen-bond donors (Lipinski definition) is 0. The number of rotatable bonds is 3. The zero-order valence-electron chi connectivity index (χ0n) is 30.7. The molecule has 0 nitrogen and oxygen atoms in total. The van der Waals surface area contributed by atoms with Gasteiger partial charge in [0.25, 0.3) is 0 Å². The third kappa shape index (κ3) is 8.39. The number of allylic oxidation sites excluding steroid dienone is 2. The van der Waals surface area contributed by atoms with Crippen molar-refractivity contribution < 1.29 is 49.0 Å². The summed E-state index contributed by atoms with van der Waals surface area (Å²) in [6.07, 6.45) is 12.5. The number of benzene rings is 4. The van der Waals surface area contributed by atoms with Crippen LogP contribution in [0.1, 0.15) is 111 Å². The summed E-state index contributed by atoms with van der Waals surface area (Å²) in [6, 6.07) is 37.5. The van der Waals surface area contributed by atoms with Crippen LogP contribution in [0.5, 0.6) is 0 Å². The maximum absolute atomic E-state index is 3.50. The van der Waals surface area contributed by atoms with Crippen molar-refractivity contribution in [1.82, 2.24) is 0 Å². The molecule has 0 saturated carbocycles. The summed E-state index contributed by atoms with van der Waals surface area (Å²) in [6.45, 7) is 18.1. The van der Waals surface area contributed by atoms with Gasteiger partial charge in [-0.1, -0.05) is 96.9 Å². The van der Waals surface area contributed by atoms with Crippen molar-refractivity contribution in [2.45, 2.75) is 84.5 Å². The summed E-state index contributed by atoms with van der Waals surface area (Å²) in [5.41, 5.74) is 17.6. The minimum absolute atomic E-state index is 0. The fourth-order valence-electron chi connectivity index (χ4n) is 6.96. The van der Waals surface area contributed by atoms with Gasteiger partial charge in [0.15, 0.2) is 0 Å². The summed E-state index contributed by atoms with van der Waals surface area (Å²) < 4.78 is 1.42. The predicted molar refractivity (Wildman–Crippen MR) is 204 cm³/mol. The Morgan fingerprint density at radius 3 is 1.80 bits per heavy atom. The summed E-state index contributed by atoms with van der Waals surface area (Å²) in [5.74, 6) is 0.